The molecule has 0 aromatic heterocycles. The van der Waals surface area contributed by atoms with Gasteiger partial charge in [-0.1, -0.05) is 25.1 Å². The number of anilines is 1. The maximum Gasteiger partial charge on any atom is 0.244 e. The Kier molecular flexibility index (Phi) is 7.54. The first-order valence-corrected chi connectivity index (χ1v) is 13.7. The molecule has 0 bridgehead atoms. The molecule has 0 aliphatic rings. The highest BCUT2D eigenvalue weighted by Gasteiger charge is 2.32. The van der Waals surface area contributed by atoms with Crippen LogP contribution in [0.25, 0.3) is 0 Å². The molecule has 2 rings (SSSR count). The predicted octanol–water partition coefficient (Wildman–Crippen LogP) is 3.13. The van der Waals surface area contributed by atoms with Gasteiger partial charge in [-0.15, -0.1) is 0 Å². The van der Waals surface area contributed by atoms with Crippen molar-refractivity contribution in [3.05, 3.63) is 59.2 Å². The Morgan fingerprint density at radius 3 is 1.90 bits per heavy atom. The van der Waals surface area contributed by atoms with E-state index in [1.807, 2.05) is 19.9 Å². The van der Waals surface area contributed by atoms with Crippen LogP contribution in [-0.4, -0.2) is 41.3 Å². The van der Waals surface area contributed by atoms with Gasteiger partial charge < -0.3 is 5.32 Å². The number of hydrogen-bond donors (Lipinski definition) is 1. The zero-order valence-electron chi connectivity index (χ0n) is 18.7. The van der Waals surface area contributed by atoms with E-state index in [1.165, 1.54) is 16.4 Å². The molecule has 1 amide bonds. The lowest BCUT2D eigenvalue weighted by atomic mass is 10.1. The van der Waals surface area contributed by atoms with Crippen LogP contribution in [0.3, 0.4) is 0 Å². The molecule has 0 aliphatic carbocycles. The Labute approximate surface area is 185 Å². The van der Waals surface area contributed by atoms with Gasteiger partial charge in [0, 0.05) is 6.26 Å². The van der Waals surface area contributed by atoms with E-state index in [2.05, 4.69) is 5.32 Å². The molecule has 170 valence electrons. The largest absolute Gasteiger partial charge is 0.348 e. The molecule has 0 saturated heterocycles. The van der Waals surface area contributed by atoms with Crippen molar-refractivity contribution in [3.63, 3.8) is 0 Å². The number of nitrogens with zero attached hydrogens (tertiary/aromatic N) is 1. The SMILES string of the molecule is CCC(C(=O)NC(C)c1ccc(S(C)(=O)=O)cc1)N(c1cc(C)cc(C)c1)S(C)(=O)=O. The van der Waals surface area contributed by atoms with Crippen molar-refractivity contribution in [2.75, 3.05) is 16.8 Å². The number of sulfone groups is 1. The van der Waals surface area contributed by atoms with Gasteiger partial charge in [0.2, 0.25) is 15.9 Å². The van der Waals surface area contributed by atoms with Gasteiger partial charge >= 0.3 is 0 Å². The van der Waals surface area contributed by atoms with Gasteiger partial charge in [-0.2, -0.15) is 0 Å². The topological polar surface area (TPSA) is 101 Å². The third-order valence-electron chi connectivity index (χ3n) is 4.96. The third kappa shape index (κ3) is 6.30. The summed E-state index contributed by atoms with van der Waals surface area (Å²) in [5.74, 6) is -0.424. The highest BCUT2D eigenvalue weighted by atomic mass is 32.2. The molecule has 9 heteroatoms. The number of benzene rings is 2. The van der Waals surface area contributed by atoms with Crippen molar-refractivity contribution in [1.29, 1.82) is 0 Å². The lowest BCUT2D eigenvalue weighted by Crippen LogP contribution is -2.49. The maximum atomic E-state index is 13.1. The number of aryl methyl sites for hydroxylation is 2. The number of sulfonamides is 1. The Morgan fingerprint density at radius 2 is 1.48 bits per heavy atom. The monoisotopic (exact) mass is 466 g/mol. The Morgan fingerprint density at radius 1 is 0.968 bits per heavy atom. The highest BCUT2D eigenvalue weighted by Crippen LogP contribution is 2.26. The first-order chi connectivity index (χ1) is 14.2. The van der Waals surface area contributed by atoms with E-state index >= 15 is 0 Å². The fourth-order valence-corrected chi connectivity index (χ4v) is 5.36. The van der Waals surface area contributed by atoms with Gasteiger partial charge in [-0.3, -0.25) is 9.10 Å². The summed E-state index contributed by atoms with van der Waals surface area (Å²) < 4.78 is 49.7. The van der Waals surface area contributed by atoms with Crippen LogP contribution in [0.5, 0.6) is 0 Å². The van der Waals surface area contributed by atoms with Crippen LogP contribution in [0.4, 0.5) is 5.69 Å². The maximum absolute atomic E-state index is 13.1. The van der Waals surface area contributed by atoms with E-state index < -0.39 is 37.9 Å². The molecule has 0 saturated carbocycles. The molecule has 2 atom stereocenters. The molecular formula is C22H30N2O5S2. The fraction of sp³-hybridized carbons (Fsp3) is 0.409. The van der Waals surface area contributed by atoms with E-state index in [-0.39, 0.29) is 11.3 Å². The van der Waals surface area contributed by atoms with Crippen LogP contribution in [0.15, 0.2) is 47.4 Å². The zero-order valence-corrected chi connectivity index (χ0v) is 20.3. The van der Waals surface area contributed by atoms with Gasteiger partial charge in [-0.05, 0) is 68.1 Å². The minimum atomic E-state index is -3.72. The molecule has 0 fully saturated rings. The van der Waals surface area contributed by atoms with Crippen molar-refractivity contribution in [1.82, 2.24) is 5.32 Å². The lowest BCUT2D eigenvalue weighted by molar-refractivity contribution is -0.122. The molecule has 1 N–H and O–H groups in total. The van der Waals surface area contributed by atoms with Crippen molar-refractivity contribution in [3.8, 4) is 0 Å². The van der Waals surface area contributed by atoms with E-state index in [0.717, 1.165) is 23.6 Å². The van der Waals surface area contributed by atoms with Gasteiger partial charge in [0.25, 0.3) is 0 Å². The summed E-state index contributed by atoms with van der Waals surface area (Å²) in [6, 6.07) is 10.3. The second-order valence-electron chi connectivity index (χ2n) is 7.90. The third-order valence-corrected chi connectivity index (χ3v) is 7.27. The predicted molar refractivity (Wildman–Crippen MR) is 123 cm³/mol. The summed E-state index contributed by atoms with van der Waals surface area (Å²) in [6.07, 6.45) is 2.51. The minimum Gasteiger partial charge on any atom is -0.348 e. The molecule has 0 radical (unpaired) electrons. The fourth-order valence-electron chi connectivity index (χ4n) is 3.53. The van der Waals surface area contributed by atoms with Crippen LogP contribution in [0.2, 0.25) is 0 Å². The van der Waals surface area contributed by atoms with E-state index in [1.54, 1.807) is 38.1 Å². The van der Waals surface area contributed by atoms with Gasteiger partial charge in [0.15, 0.2) is 9.84 Å². The summed E-state index contributed by atoms with van der Waals surface area (Å²) in [5, 5.41) is 2.86. The molecule has 0 aliphatic heterocycles. The number of carbonyl (C=O) groups is 1. The van der Waals surface area contributed by atoms with Crippen molar-refractivity contribution in [2.45, 2.75) is 51.1 Å². The quantitative estimate of drug-likeness (QED) is 0.644. The van der Waals surface area contributed by atoms with Crippen LogP contribution in [0.1, 0.15) is 43.0 Å². The molecule has 2 aromatic rings. The molecule has 0 spiro atoms. The molecule has 2 aromatic carbocycles. The van der Waals surface area contributed by atoms with Gasteiger partial charge in [0.05, 0.1) is 22.9 Å². The Bertz CT molecular complexity index is 1140. The summed E-state index contributed by atoms with van der Waals surface area (Å²) in [4.78, 5) is 13.3. The second kappa shape index (κ2) is 9.40. The van der Waals surface area contributed by atoms with E-state index in [0.29, 0.717) is 11.3 Å². The van der Waals surface area contributed by atoms with Gasteiger partial charge in [0.1, 0.15) is 6.04 Å². The molecule has 7 nitrogen and oxygen atoms in total. The molecule has 2 unspecified atom stereocenters. The first-order valence-electron chi connectivity index (χ1n) is 9.92. The number of rotatable bonds is 8. The second-order valence-corrected chi connectivity index (χ2v) is 11.8. The minimum absolute atomic E-state index is 0.194. The summed E-state index contributed by atoms with van der Waals surface area (Å²) in [6.45, 7) is 7.28. The Hall–Kier alpha value is -2.39. The lowest BCUT2D eigenvalue weighted by Gasteiger charge is -2.31. The highest BCUT2D eigenvalue weighted by molar-refractivity contribution is 7.92. The van der Waals surface area contributed by atoms with Crippen LogP contribution in [-0.2, 0) is 24.7 Å². The van der Waals surface area contributed by atoms with Crippen molar-refractivity contribution < 1.29 is 21.6 Å². The number of carbonyl (C=O) groups excluding carboxylic acids is 1. The number of amides is 1. The van der Waals surface area contributed by atoms with Crippen LogP contribution < -0.4 is 9.62 Å². The molecule has 0 heterocycles. The summed E-state index contributed by atoms with van der Waals surface area (Å²) in [5.41, 5.74) is 2.97. The van der Waals surface area contributed by atoms with Crippen molar-refractivity contribution in [2.24, 2.45) is 0 Å². The van der Waals surface area contributed by atoms with Crippen molar-refractivity contribution >= 4 is 31.5 Å². The van der Waals surface area contributed by atoms with Gasteiger partial charge in [-0.25, -0.2) is 16.8 Å². The Balaban J connectivity index is 2.33. The standard InChI is InChI=1S/C22H30N2O5S2/c1-7-21(24(31(6,28)29)19-13-15(2)12-16(3)14-19)22(25)23-17(4)18-8-10-20(11-9-18)30(5,26)27/h8-14,17,21H,7H2,1-6H3,(H,23,25). The summed E-state index contributed by atoms with van der Waals surface area (Å²) in [7, 11) is -7.04. The van der Waals surface area contributed by atoms with Crippen LogP contribution >= 0.6 is 0 Å². The first kappa shape index (κ1) is 24.9. The smallest absolute Gasteiger partial charge is 0.244 e. The van der Waals surface area contributed by atoms with E-state index in [9.17, 15) is 21.6 Å². The average Bonchev–Trinajstić information content (AvgIpc) is 2.63. The number of nitrogens with one attached hydrogen (secondary N) is 1. The summed E-state index contributed by atoms with van der Waals surface area (Å²) >= 11 is 0. The molecular weight excluding hydrogens is 436 g/mol. The zero-order chi connectivity index (χ0) is 23.6. The molecule has 31 heavy (non-hydrogen) atoms. The normalized spacial score (nSPS) is 14.0. The van der Waals surface area contributed by atoms with E-state index in [4.69, 9.17) is 0 Å². The average molecular weight is 467 g/mol. The van der Waals surface area contributed by atoms with Crippen LogP contribution in [0, 0.1) is 13.8 Å². The number of hydrogen-bond acceptors (Lipinski definition) is 5.